The van der Waals surface area contributed by atoms with Crippen LogP contribution in [-0.2, 0) is 18.5 Å². The molecule has 0 amide bonds. The minimum Gasteiger partial charge on any atom is -0.378 e. The summed E-state index contributed by atoms with van der Waals surface area (Å²) in [5, 5.41) is 0. The molecular weight excluding hydrogens is 312 g/mol. The van der Waals surface area contributed by atoms with Crippen molar-refractivity contribution in [3.8, 4) is 0 Å². The molecule has 1 aromatic carbocycles. The van der Waals surface area contributed by atoms with E-state index in [0.717, 1.165) is 5.56 Å². The Hall–Kier alpha value is -0.620. The van der Waals surface area contributed by atoms with Crippen molar-refractivity contribution in [1.82, 2.24) is 0 Å². The molecule has 21 heavy (non-hydrogen) atoms. The van der Waals surface area contributed by atoms with Gasteiger partial charge >= 0.3 is 0 Å². The van der Waals surface area contributed by atoms with Crippen LogP contribution in [0.5, 0.6) is 0 Å². The molecule has 120 valence electrons. The molecule has 1 unspecified atom stereocenters. The number of rotatable bonds is 8. The molecule has 6 heteroatoms. The lowest BCUT2D eigenvalue weighted by Gasteiger charge is -2.20. The highest BCUT2D eigenvalue weighted by Gasteiger charge is 2.19. The summed E-state index contributed by atoms with van der Waals surface area (Å²) in [6, 6.07) is 9.37. The van der Waals surface area contributed by atoms with E-state index >= 15 is 0 Å². The topological polar surface area (TPSA) is 52.6 Å². The van der Waals surface area contributed by atoms with Gasteiger partial charge in [-0.2, -0.15) is 0 Å². The first-order valence-corrected chi connectivity index (χ1v) is 9.34. The van der Waals surface area contributed by atoms with Crippen LogP contribution in [0.25, 0.3) is 0 Å². The highest BCUT2D eigenvalue weighted by molar-refractivity contribution is 8.13. The number of benzene rings is 1. The van der Waals surface area contributed by atoms with Crippen molar-refractivity contribution in [2.75, 3.05) is 25.6 Å². The largest absolute Gasteiger partial charge is 0.378 e. The maximum absolute atomic E-state index is 11.3. The number of hydrogen-bond donors (Lipinski definition) is 0. The third-order valence-corrected chi connectivity index (χ3v) is 3.93. The van der Waals surface area contributed by atoms with Crippen molar-refractivity contribution in [2.24, 2.45) is 0 Å². The van der Waals surface area contributed by atoms with Crippen LogP contribution in [0.4, 0.5) is 0 Å². The second kappa shape index (κ2) is 8.13. The van der Waals surface area contributed by atoms with Gasteiger partial charge in [-0.3, -0.25) is 0 Å². The second-order valence-corrected chi connectivity index (χ2v) is 8.67. The Kier molecular flexibility index (Phi) is 7.13. The fraction of sp³-hybridized carbons (Fsp3) is 0.600. The minimum absolute atomic E-state index is 0.140. The Labute approximate surface area is 131 Å². The summed E-state index contributed by atoms with van der Waals surface area (Å²) in [5.74, 6) is -0.415. The average molecular weight is 335 g/mol. The lowest BCUT2D eigenvalue weighted by molar-refractivity contribution is -0.0359. The van der Waals surface area contributed by atoms with Crippen LogP contribution in [0, 0.1) is 0 Å². The summed E-state index contributed by atoms with van der Waals surface area (Å²) in [4.78, 5) is 0. The van der Waals surface area contributed by atoms with Gasteiger partial charge in [-0.15, -0.1) is 0 Å². The van der Waals surface area contributed by atoms with E-state index in [1.165, 1.54) is 0 Å². The first-order valence-electron chi connectivity index (χ1n) is 6.86. The van der Waals surface area contributed by atoms with Crippen LogP contribution in [0.2, 0.25) is 0 Å². The summed E-state index contributed by atoms with van der Waals surface area (Å²) >= 11 is 0. The van der Waals surface area contributed by atoms with E-state index in [2.05, 4.69) is 0 Å². The fourth-order valence-electron chi connectivity index (χ4n) is 1.84. The molecule has 0 aliphatic carbocycles. The summed E-state index contributed by atoms with van der Waals surface area (Å²) in [6.07, 6.45) is 0. The van der Waals surface area contributed by atoms with Gasteiger partial charge in [0, 0.05) is 16.6 Å². The van der Waals surface area contributed by atoms with Crippen LogP contribution < -0.4 is 0 Å². The van der Waals surface area contributed by atoms with Crippen molar-refractivity contribution in [3.05, 3.63) is 35.9 Å². The maximum Gasteiger partial charge on any atom is 0.233 e. The summed E-state index contributed by atoms with van der Waals surface area (Å²) in [5.41, 5.74) is 0.695. The molecule has 1 rings (SSSR count). The summed E-state index contributed by atoms with van der Waals surface area (Å²) < 4.78 is 33.7. The summed E-state index contributed by atoms with van der Waals surface area (Å²) in [7, 11) is 1.79. The third kappa shape index (κ3) is 9.09. The molecule has 0 aromatic heterocycles. The van der Waals surface area contributed by atoms with Crippen LogP contribution in [0.3, 0.4) is 0 Å². The average Bonchev–Trinajstić information content (AvgIpc) is 2.35. The minimum atomic E-state index is -3.58. The van der Waals surface area contributed by atoms with Gasteiger partial charge in [-0.25, -0.2) is 8.42 Å². The van der Waals surface area contributed by atoms with E-state index in [1.807, 2.05) is 51.1 Å². The predicted molar refractivity (Wildman–Crippen MR) is 85.3 cm³/mol. The maximum atomic E-state index is 11.3. The Morgan fingerprint density at radius 3 is 2.29 bits per heavy atom. The van der Waals surface area contributed by atoms with Crippen molar-refractivity contribution >= 4 is 19.7 Å². The Balaban J connectivity index is 2.51. The van der Waals surface area contributed by atoms with Gasteiger partial charge in [-0.05, 0) is 26.3 Å². The van der Waals surface area contributed by atoms with Gasteiger partial charge < -0.3 is 9.47 Å². The molecule has 0 N–H and O–H groups in total. The summed E-state index contributed by atoms with van der Waals surface area (Å²) in [6.45, 7) is 7.10. The SMILES string of the molecule is CC(C)(C)OCCOCC(CS(=O)(=O)Cl)c1ccccc1. The van der Waals surface area contributed by atoms with E-state index in [0.29, 0.717) is 19.8 Å². The standard InChI is InChI=1S/C15H23ClO4S/c1-15(2,3)20-10-9-19-11-14(12-21(16,17)18)13-7-5-4-6-8-13/h4-8,14H,9-12H2,1-3H3. The molecule has 0 bridgehead atoms. The zero-order valence-electron chi connectivity index (χ0n) is 12.7. The highest BCUT2D eigenvalue weighted by atomic mass is 35.7. The molecule has 1 aromatic rings. The van der Waals surface area contributed by atoms with Crippen LogP contribution in [-0.4, -0.2) is 39.6 Å². The number of halogens is 1. The molecule has 0 aliphatic heterocycles. The lowest BCUT2D eigenvalue weighted by Crippen LogP contribution is -2.23. The van der Waals surface area contributed by atoms with Gasteiger partial charge in [0.2, 0.25) is 9.05 Å². The van der Waals surface area contributed by atoms with E-state index in [4.69, 9.17) is 20.2 Å². The van der Waals surface area contributed by atoms with Gasteiger partial charge in [0.15, 0.2) is 0 Å². The van der Waals surface area contributed by atoms with Crippen molar-refractivity contribution in [1.29, 1.82) is 0 Å². The lowest BCUT2D eigenvalue weighted by atomic mass is 10.0. The molecule has 0 radical (unpaired) electrons. The van der Waals surface area contributed by atoms with Crippen molar-refractivity contribution in [2.45, 2.75) is 32.3 Å². The molecule has 0 saturated carbocycles. The monoisotopic (exact) mass is 334 g/mol. The van der Waals surface area contributed by atoms with Gasteiger partial charge in [0.05, 0.1) is 31.2 Å². The zero-order valence-corrected chi connectivity index (χ0v) is 14.3. The quantitative estimate of drug-likeness (QED) is 0.541. The molecule has 0 fully saturated rings. The van der Waals surface area contributed by atoms with Gasteiger partial charge in [0.25, 0.3) is 0 Å². The predicted octanol–water partition coefficient (Wildman–Crippen LogP) is 3.17. The molecule has 0 heterocycles. The molecular formula is C15H23ClO4S. The van der Waals surface area contributed by atoms with Crippen LogP contribution >= 0.6 is 10.7 Å². The Bertz CT molecular complexity index is 508. The number of ether oxygens (including phenoxy) is 2. The third-order valence-electron chi connectivity index (χ3n) is 2.75. The Morgan fingerprint density at radius 2 is 1.76 bits per heavy atom. The van der Waals surface area contributed by atoms with Crippen molar-refractivity contribution < 1.29 is 17.9 Å². The smallest absolute Gasteiger partial charge is 0.233 e. The van der Waals surface area contributed by atoms with Gasteiger partial charge in [0.1, 0.15) is 0 Å². The molecule has 0 aliphatic rings. The highest BCUT2D eigenvalue weighted by Crippen LogP contribution is 2.20. The molecule has 0 saturated heterocycles. The normalized spacial score (nSPS) is 14.1. The first kappa shape index (κ1) is 18.4. The van der Waals surface area contributed by atoms with Crippen LogP contribution in [0.1, 0.15) is 32.3 Å². The van der Waals surface area contributed by atoms with E-state index < -0.39 is 9.05 Å². The zero-order chi connectivity index (χ0) is 15.9. The van der Waals surface area contributed by atoms with Crippen molar-refractivity contribution in [3.63, 3.8) is 0 Å². The second-order valence-electron chi connectivity index (χ2n) is 5.85. The number of hydrogen-bond acceptors (Lipinski definition) is 4. The first-order chi connectivity index (χ1) is 9.67. The van der Waals surface area contributed by atoms with Gasteiger partial charge in [-0.1, -0.05) is 30.3 Å². The molecule has 1 atom stereocenters. The Morgan fingerprint density at radius 1 is 1.14 bits per heavy atom. The van der Waals surface area contributed by atoms with Crippen LogP contribution in [0.15, 0.2) is 30.3 Å². The molecule has 4 nitrogen and oxygen atoms in total. The molecule has 0 spiro atoms. The van der Waals surface area contributed by atoms with E-state index in [-0.39, 0.29) is 17.3 Å². The fourth-order valence-corrected chi connectivity index (χ4v) is 3.06. The van der Waals surface area contributed by atoms with E-state index in [9.17, 15) is 8.42 Å². The van der Waals surface area contributed by atoms with E-state index in [1.54, 1.807) is 0 Å².